The van der Waals surface area contributed by atoms with Crippen molar-refractivity contribution in [3.63, 3.8) is 0 Å². The normalized spacial score (nSPS) is 35.6. The second-order valence-corrected chi connectivity index (χ2v) is 5.36. The predicted octanol–water partition coefficient (Wildman–Crippen LogP) is 1.36. The van der Waals surface area contributed by atoms with Gasteiger partial charge in [-0.15, -0.1) is 0 Å². The van der Waals surface area contributed by atoms with Gasteiger partial charge in [-0.25, -0.2) is 0 Å². The lowest BCUT2D eigenvalue weighted by Crippen LogP contribution is -2.39. The van der Waals surface area contributed by atoms with Crippen molar-refractivity contribution in [2.24, 2.45) is 5.92 Å². The molecule has 4 heteroatoms. The molecule has 98 valence electrons. The second kappa shape index (κ2) is 5.36. The van der Waals surface area contributed by atoms with Gasteiger partial charge in [0.15, 0.2) is 0 Å². The lowest BCUT2D eigenvalue weighted by Gasteiger charge is -2.24. The minimum absolute atomic E-state index is 0.0293. The molecule has 0 aromatic heterocycles. The molecule has 2 aliphatic rings. The number of nitrogens with one attached hydrogen (secondary N) is 1. The van der Waals surface area contributed by atoms with Gasteiger partial charge in [0.2, 0.25) is 5.91 Å². The molecule has 1 aliphatic heterocycles. The molecule has 0 aromatic rings. The zero-order chi connectivity index (χ0) is 12.4. The van der Waals surface area contributed by atoms with E-state index in [0.717, 1.165) is 32.4 Å². The van der Waals surface area contributed by atoms with Gasteiger partial charge in [-0.1, -0.05) is 20.3 Å². The zero-order valence-electron chi connectivity index (χ0n) is 11.1. The standard InChI is InChI=1S/C13H24N2O2/c1-4-9(2)12-13(16)15(8-14-12)10-5-6-11(7-10)17-3/h9-12,14H,4-8H2,1-3H3. The number of amides is 1. The minimum Gasteiger partial charge on any atom is -0.381 e. The SMILES string of the molecule is CCC(C)C1NCN(C2CCC(OC)C2)C1=O. The molecule has 4 atom stereocenters. The van der Waals surface area contributed by atoms with Crippen molar-refractivity contribution in [2.75, 3.05) is 13.8 Å². The predicted molar refractivity (Wildman–Crippen MR) is 66.5 cm³/mol. The van der Waals surface area contributed by atoms with Gasteiger partial charge in [0.25, 0.3) is 0 Å². The Kier molecular flexibility index (Phi) is 4.05. The summed E-state index contributed by atoms with van der Waals surface area (Å²) < 4.78 is 5.37. The summed E-state index contributed by atoms with van der Waals surface area (Å²) in [5.41, 5.74) is 0. The number of nitrogens with zero attached hydrogens (tertiary/aromatic N) is 1. The molecule has 1 saturated carbocycles. The fraction of sp³-hybridized carbons (Fsp3) is 0.923. The Labute approximate surface area is 104 Å². The highest BCUT2D eigenvalue weighted by atomic mass is 16.5. The molecule has 0 aromatic carbocycles. The number of hydrogen-bond acceptors (Lipinski definition) is 3. The molecule has 2 rings (SSSR count). The van der Waals surface area contributed by atoms with Gasteiger partial charge in [-0.3, -0.25) is 10.1 Å². The number of methoxy groups -OCH3 is 1. The molecule has 4 unspecified atom stereocenters. The topological polar surface area (TPSA) is 41.6 Å². The first-order valence-electron chi connectivity index (χ1n) is 6.74. The molecule has 0 bridgehead atoms. The van der Waals surface area contributed by atoms with Gasteiger partial charge in [0.1, 0.15) is 0 Å². The minimum atomic E-state index is 0.0293. The van der Waals surface area contributed by atoms with Gasteiger partial charge in [-0.2, -0.15) is 0 Å². The first-order chi connectivity index (χ1) is 8.17. The molecular formula is C13H24N2O2. The first kappa shape index (κ1) is 12.8. The smallest absolute Gasteiger partial charge is 0.241 e. The Bertz CT molecular complexity index is 283. The molecule has 17 heavy (non-hydrogen) atoms. The maximum Gasteiger partial charge on any atom is 0.241 e. The van der Waals surface area contributed by atoms with E-state index in [1.54, 1.807) is 7.11 Å². The summed E-state index contributed by atoms with van der Waals surface area (Å²) in [5, 5.41) is 3.35. The summed E-state index contributed by atoms with van der Waals surface area (Å²) >= 11 is 0. The molecule has 0 radical (unpaired) electrons. The fourth-order valence-corrected chi connectivity index (χ4v) is 2.94. The van der Waals surface area contributed by atoms with Crippen molar-refractivity contribution in [2.45, 2.75) is 57.7 Å². The van der Waals surface area contributed by atoms with Crippen LogP contribution in [0, 0.1) is 5.92 Å². The molecule has 1 N–H and O–H groups in total. The van der Waals surface area contributed by atoms with Gasteiger partial charge in [0.05, 0.1) is 18.8 Å². The molecule has 2 fully saturated rings. The van der Waals surface area contributed by atoms with E-state index < -0.39 is 0 Å². The van der Waals surface area contributed by atoms with Crippen LogP contribution in [0.5, 0.6) is 0 Å². The Morgan fingerprint density at radius 2 is 2.29 bits per heavy atom. The van der Waals surface area contributed by atoms with Crippen LogP contribution in [0.1, 0.15) is 39.5 Å². The Balaban J connectivity index is 1.94. The highest BCUT2D eigenvalue weighted by Gasteiger charge is 2.40. The number of hydrogen-bond donors (Lipinski definition) is 1. The third kappa shape index (κ3) is 2.47. The molecule has 4 nitrogen and oxygen atoms in total. The highest BCUT2D eigenvalue weighted by Crippen LogP contribution is 2.28. The van der Waals surface area contributed by atoms with E-state index >= 15 is 0 Å². The van der Waals surface area contributed by atoms with Crippen LogP contribution in [0.3, 0.4) is 0 Å². The first-order valence-corrected chi connectivity index (χ1v) is 6.74. The average Bonchev–Trinajstić information content (AvgIpc) is 2.94. The highest BCUT2D eigenvalue weighted by molar-refractivity contribution is 5.84. The third-order valence-corrected chi connectivity index (χ3v) is 4.37. The van der Waals surface area contributed by atoms with Gasteiger partial charge < -0.3 is 9.64 Å². The Morgan fingerprint density at radius 1 is 1.53 bits per heavy atom. The van der Waals surface area contributed by atoms with E-state index in [9.17, 15) is 4.79 Å². The summed E-state index contributed by atoms with van der Waals surface area (Å²) in [6, 6.07) is 0.413. The van der Waals surface area contributed by atoms with E-state index in [-0.39, 0.29) is 6.04 Å². The van der Waals surface area contributed by atoms with E-state index in [4.69, 9.17) is 4.74 Å². The number of carbonyl (C=O) groups is 1. The van der Waals surface area contributed by atoms with E-state index in [1.807, 2.05) is 4.90 Å². The lowest BCUT2D eigenvalue weighted by atomic mass is 9.99. The largest absolute Gasteiger partial charge is 0.381 e. The van der Waals surface area contributed by atoms with Crippen molar-refractivity contribution in [1.82, 2.24) is 10.2 Å². The third-order valence-electron chi connectivity index (χ3n) is 4.37. The molecule has 1 aliphatic carbocycles. The second-order valence-electron chi connectivity index (χ2n) is 5.36. The van der Waals surface area contributed by atoms with E-state index in [1.165, 1.54) is 0 Å². The van der Waals surface area contributed by atoms with E-state index in [0.29, 0.717) is 24.0 Å². The van der Waals surface area contributed by atoms with Gasteiger partial charge in [0, 0.05) is 13.2 Å². The van der Waals surface area contributed by atoms with Crippen LogP contribution in [0.25, 0.3) is 0 Å². The monoisotopic (exact) mass is 240 g/mol. The number of carbonyl (C=O) groups excluding carboxylic acids is 1. The molecule has 0 spiro atoms. The summed E-state index contributed by atoms with van der Waals surface area (Å²) in [4.78, 5) is 14.3. The molecule has 1 heterocycles. The van der Waals surface area contributed by atoms with Crippen LogP contribution in [-0.4, -0.2) is 42.8 Å². The van der Waals surface area contributed by atoms with Gasteiger partial charge in [-0.05, 0) is 25.2 Å². The maximum absolute atomic E-state index is 12.3. The quantitative estimate of drug-likeness (QED) is 0.806. The molecule has 1 saturated heterocycles. The summed E-state index contributed by atoms with van der Waals surface area (Å²) in [6.07, 6.45) is 4.55. The molecule has 1 amide bonds. The van der Waals surface area contributed by atoms with E-state index in [2.05, 4.69) is 19.2 Å². The van der Waals surface area contributed by atoms with Crippen molar-refractivity contribution in [3.05, 3.63) is 0 Å². The van der Waals surface area contributed by atoms with Crippen LogP contribution in [0.2, 0.25) is 0 Å². The van der Waals surface area contributed by atoms with Crippen LogP contribution >= 0.6 is 0 Å². The van der Waals surface area contributed by atoms with Crippen molar-refractivity contribution < 1.29 is 9.53 Å². The summed E-state index contributed by atoms with van der Waals surface area (Å²) in [6.45, 7) is 5.00. The van der Waals surface area contributed by atoms with Crippen LogP contribution < -0.4 is 5.32 Å². The fourth-order valence-electron chi connectivity index (χ4n) is 2.94. The van der Waals surface area contributed by atoms with Crippen molar-refractivity contribution in [3.8, 4) is 0 Å². The summed E-state index contributed by atoms with van der Waals surface area (Å²) in [7, 11) is 1.76. The Morgan fingerprint density at radius 3 is 2.88 bits per heavy atom. The van der Waals surface area contributed by atoms with Crippen LogP contribution in [0.15, 0.2) is 0 Å². The maximum atomic E-state index is 12.3. The lowest BCUT2D eigenvalue weighted by molar-refractivity contribution is -0.131. The van der Waals surface area contributed by atoms with Gasteiger partial charge >= 0.3 is 0 Å². The Hall–Kier alpha value is -0.610. The number of rotatable bonds is 4. The van der Waals surface area contributed by atoms with Crippen LogP contribution in [0.4, 0.5) is 0 Å². The van der Waals surface area contributed by atoms with Crippen molar-refractivity contribution >= 4 is 5.91 Å². The summed E-state index contributed by atoms with van der Waals surface area (Å²) in [5.74, 6) is 0.716. The number of ether oxygens (including phenoxy) is 1. The average molecular weight is 240 g/mol. The van der Waals surface area contributed by atoms with Crippen LogP contribution in [-0.2, 0) is 9.53 Å². The zero-order valence-corrected chi connectivity index (χ0v) is 11.1. The molecular weight excluding hydrogens is 216 g/mol. The van der Waals surface area contributed by atoms with Crippen molar-refractivity contribution in [1.29, 1.82) is 0 Å².